The first-order valence-corrected chi connectivity index (χ1v) is 5.17. The summed E-state index contributed by atoms with van der Waals surface area (Å²) in [5, 5.41) is 9.60. The minimum Gasteiger partial charge on any atom is -0.480 e. The van der Waals surface area contributed by atoms with Crippen molar-refractivity contribution < 1.29 is 9.90 Å². The molecule has 6 heteroatoms. The predicted octanol–water partition coefficient (Wildman–Crippen LogP) is 1.06. The molecule has 0 aliphatic heterocycles. The van der Waals surface area contributed by atoms with Gasteiger partial charge in [-0.05, 0) is 18.1 Å². The van der Waals surface area contributed by atoms with Gasteiger partial charge in [0.15, 0.2) is 0 Å². The van der Waals surface area contributed by atoms with Crippen LogP contribution in [0.2, 0.25) is 0 Å². The second-order valence-electron chi connectivity index (χ2n) is 3.85. The molecule has 0 spiro atoms. The molecule has 1 heterocycles. The van der Waals surface area contributed by atoms with Crippen molar-refractivity contribution in [3.8, 4) is 0 Å². The fourth-order valence-electron chi connectivity index (χ4n) is 1.77. The minimum atomic E-state index is -1.07. The third-order valence-corrected chi connectivity index (χ3v) is 2.59. The highest BCUT2D eigenvalue weighted by atomic mass is 79.9. The zero-order valence-corrected chi connectivity index (χ0v) is 11.1. The third kappa shape index (κ3) is 2.96. The van der Waals surface area contributed by atoms with Crippen LogP contribution in [0, 0.1) is 0 Å². The van der Waals surface area contributed by atoms with E-state index < -0.39 is 12.0 Å². The van der Waals surface area contributed by atoms with Crippen molar-refractivity contribution >= 4 is 33.9 Å². The summed E-state index contributed by atoms with van der Waals surface area (Å²) >= 11 is 0. The van der Waals surface area contributed by atoms with E-state index in [4.69, 9.17) is 10.8 Å². The van der Waals surface area contributed by atoms with Crippen molar-refractivity contribution in [3.05, 3.63) is 46.2 Å². The first kappa shape index (κ1) is 14.4. The number of carboxylic acids is 1. The number of para-hydroxylation sites is 1. The standard InChI is InChI=1S/C12H12N2O3.BrH/c13-9(12(16)17)5-7-6-11(15)14-10-4-2-1-3-8(7)10;/h1-4,6,9H,5,13H2,(H,14,15)(H,16,17);1H. The summed E-state index contributed by atoms with van der Waals surface area (Å²) in [6, 6.07) is 7.63. The van der Waals surface area contributed by atoms with E-state index in [0.717, 1.165) is 5.39 Å². The molecule has 2 aromatic rings. The molecule has 1 aromatic heterocycles. The molecule has 0 bridgehead atoms. The van der Waals surface area contributed by atoms with Crippen molar-refractivity contribution in [2.75, 3.05) is 0 Å². The van der Waals surface area contributed by atoms with Crippen LogP contribution in [0.25, 0.3) is 10.9 Å². The molecule has 0 fully saturated rings. The fraction of sp³-hybridized carbons (Fsp3) is 0.167. The highest BCUT2D eigenvalue weighted by Crippen LogP contribution is 2.15. The monoisotopic (exact) mass is 312 g/mol. The summed E-state index contributed by atoms with van der Waals surface area (Å²) in [7, 11) is 0. The number of halogens is 1. The zero-order chi connectivity index (χ0) is 12.4. The number of H-pyrrole nitrogens is 1. The van der Waals surface area contributed by atoms with Crippen molar-refractivity contribution in [2.45, 2.75) is 12.5 Å². The summed E-state index contributed by atoms with van der Waals surface area (Å²) in [5.74, 6) is -1.07. The van der Waals surface area contributed by atoms with Crippen LogP contribution in [0.4, 0.5) is 0 Å². The zero-order valence-electron chi connectivity index (χ0n) is 9.42. The molecule has 0 radical (unpaired) electrons. The molecule has 2 rings (SSSR count). The Hall–Kier alpha value is -1.66. The average molecular weight is 313 g/mol. The molecule has 1 atom stereocenters. The molecule has 0 saturated carbocycles. The molecule has 4 N–H and O–H groups in total. The predicted molar refractivity (Wildman–Crippen MR) is 74.2 cm³/mol. The topological polar surface area (TPSA) is 96.2 Å². The van der Waals surface area contributed by atoms with E-state index in [1.54, 1.807) is 12.1 Å². The van der Waals surface area contributed by atoms with Gasteiger partial charge < -0.3 is 15.8 Å². The quantitative estimate of drug-likeness (QED) is 0.789. The van der Waals surface area contributed by atoms with Crippen LogP contribution in [0.5, 0.6) is 0 Å². The Morgan fingerprint density at radius 2 is 2.06 bits per heavy atom. The lowest BCUT2D eigenvalue weighted by atomic mass is 10.0. The second kappa shape index (κ2) is 5.79. The summed E-state index contributed by atoms with van der Waals surface area (Å²) in [4.78, 5) is 24.8. The summed E-state index contributed by atoms with van der Waals surface area (Å²) < 4.78 is 0. The number of aliphatic carboxylic acids is 1. The molecule has 1 unspecified atom stereocenters. The number of hydrogen-bond donors (Lipinski definition) is 3. The smallest absolute Gasteiger partial charge is 0.320 e. The summed E-state index contributed by atoms with van der Waals surface area (Å²) in [5.41, 5.74) is 6.56. The van der Waals surface area contributed by atoms with E-state index in [1.165, 1.54) is 6.07 Å². The van der Waals surface area contributed by atoms with Gasteiger partial charge >= 0.3 is 5.97 Å². The number of nitrogens with two attached hydrogens (primary N) is 1. The number of benzene rings is 1. The number of nitrogens with one attached hydrogen (secondary N) is 1. The van der Waals surface area contributed by atoms with Crippen LogP contribution in [-0.2, 0) is 11.2 Å². The van der Waals surface area contributed by atoms with Crippen molar-refractivity contribution in [3.63, 3.8) is 0 Å². The van der Waals surface area contributed by atoms with Crippen molar-refractivity contribution in [1.29, 1.82) is 0 Å². The first-order valence-electron chi connectivity index (χ1n) is 5.17. The van der Waals surface area contributed by atoms with Gasteiger partial charge in [-0.15, -0.1) is 17.0 Å². The van der Waals surface area contributed by atoms with Gasteiger partial charge in [0, 0.05) is 17.0 Å². The van der Waals surface area contributed by atoms with Gasteiger partial charge in [0.05, 0.1) is 0 Å². The number of aromatic nitrogens is 1. The largest absolute Gasteiger partial charge is 0.480 e. The Labute approximate surface area is 113 Å². The van der Waals surface area contributed by atoms with Gasteiger partial charge in [-0.2, -0.15) is 0 Å². The summed E-state index contributed by atoms with van der Waals surface area (Å²) in [6.45, 7) is 0. The number of fused-ring (bicyclic) bond motifs is 1. The Morgan fingerprint density at radius 1 is 1.39 bits per heavy atom. The van der Waals surface area contributed by atoms with Crippen LogP contribution in [-0.4, -0.2) is 22.1 Å². The van der Waals surface area contributed by atoms with Gasteiger partial charge in [0.25, 0.3) is 0 Å². The fourth-order valence-corrected chi connectivity index (χ4v) is 1.77. The van der Waals surface area contributed by atoms with Crippen LogP contribution in [0.3, 0.4) is 0 Å². The number of carboxylic acid groups (broad SMARTS) is 1. The Kier molecular flexibility index (Phi) is 4.63. The molecular formula is C12H13BrN2O3. The maximum Gasteiger partial charge on any atom is 0.320 e. The Balaban J connectivity index is 0.00000162. The molecule has 0 amide bonds. The Morgan fingerprint density at radius 3 is 2.72 bits per heavy atom. The highest BCUT2D eigenvalue weighted by Gasteiger charge is 2.14. The lowest BCUT2D eigenvalue weighted by Crippen LogP contribution is -2.32. The average Bonchev–Trinajstić information content (AvgIpc) is 2.28. The van der Waals surface area contributed by atoms with Gasteiger partial charge in [-0.1, -0.05) is 18.2 Å². The molecule has 18 heavy (non-hydrogen) atoms. The molecule has 0 aliphatic carbocycles. The van der Waals surface area contributed by atoms with Crippen molar-refractivity contribution in [1.82, 2.24) is 4.98 Å². The molecule has 0 saturated heterocycles. The van der Waals surface area contributed by atoms with Crippen LogP contribution < -0.4 is 11.3 Å². The summed E-state index contributed by atoms with van der Waals surface area (Å²) in [6.07, 6.45) is 0.139. The van der Waals surface area contributed by atoms with E-state index in [9.17, 15) is 9.59 Å². The SMILES string of the molecule is Br.NC(Cc1cc(=O)[nH]c2ccccc12)C(=O)O. The van der Waals surface area contributed by atoms with Crippen LogP contribution in [0.15, 0.2) is 35.1 Å². The highest BCUT2D eigenvalue weighted by molar-refractivity contribution is 8.93. The van der Waals surface area contributed by atoms with Crippen LogP contribution in [0.1, 0.15) is 5.56 Å². The molecule has 5 nitrogen and oxygen atoms in total. The van der Waals surface area contributed by atoms with Gasteiger partial charge in [0.1, 0.15) is 6.04 Å². The number of aromatic amines is 1. The van der Waals surface area contributed by atoms with E-state index in [1.807, 2.05) is 12.1 Å². The van der Waals surface area contributed by atoms with Gasteiger partial charge in [-0.3, -0.25) is 9.59 Å². The lowest BCUT2D eigenvalue weighted by Gasteiger charge is -2.09. The maximum absolute atomic E-state index is 11.4. The molecule has 0 aliphatic rings. The van der Waals surface area contributed by atoms with E-state index >= 15 is 0 Å². The minimum absolute atomic E-state index is 0. The maximum atomic E-state index is 11.4. The molecule has 96 valence electrons. The third-order valence-electron chi connectivity index (χ3n) is 2.59. The molecular weight excluding hydrogens is 300 g/mol. The first-order chi connectivity index (χ1) is 8.08. The number of carbonyl (C=O) groups is 1. The van der Waals surface area contributed by atoms with E-state index in [0.29, 0.717) is 11.1 Å². The number of pyridine rings is 1. The Bertz CT molecular complexity index is 624. The normalized spacial score (nSPS) is 11.8. The second-order valence-corrected chi connectivity index (χ2v) is 3.85. The van der Waals surface area contributed by atoms with Gasteiger partial charge in [0.2, 0.25) is 5.56 Å². The number of hydrogen-bond acceptors (Lipinski definition) is 3. The van der Waals surface area contributed by atoms with E-state index in [2.05, 4.69) is 4.98 Å². The van der Waals surface area contributed by atoms with Crippen molar-refractivity contribution in [2.24, 2.45) is 5.73 Å². The molecule has 1 aromatic carbocycles. The van der Waals surface area contributed by atoms with Gasteiger partial charge in [-0.25, -0.2) is 0 Å². The number of rotatable bonds is 3. The van der Waals surface area contributed by atoms with Crippen LogP contribution >= 0.6 is 17.0 Å². The lowest BCUT2D eigenvalue weighted by molar-refractivity contribution is -0.138. The van der Waals surface area contributed by atoms with E-state index in [-0.39, 0.29) is 29.0 Å².